The molecule has 3 N–H and O–H groups in total. The van der Waals surface area contributed by atoms with Gasteiger partial charge in [-0.25, -0.2) is 4.79 Å². The summed E-state index contributed by atoms with van der Waals surface area (Å²) < 4.78 is 79.7. The number of nitrogens with zero attached hydrogens (tertiary/aromatic N) is 3. The monoisotopic (exact) mass is 599 g/mol. The van der Waals surface area contributed by atoms with E-state index in [0.29, 0.717) is 37.9 Å². The van der Waals surface area contributed by atoms with E-state index >= 15 is 0 Å². The summed E-state index contributed by atoms with van der Waals surface area (Å²) in [5.74, 6) is -0.589. The second kappa shape index (κ2) is 12.6. The van der Waals surface area contributed by atoms with Gasteiger partial charge in [0.2, 0.25) is 11.8 Å². The summed E-state index contributed by atoms with van der Waals surface area (Å²) in [5.41, 5.74) is 3.09. The van der Waals surface area contributed by atoms with Crippen molar-refractivity contribution in [3.8, 4) is 0 Å². The average molecular weight is 600 g/mol. The first-order valence-electron chi connectivity index (χ1n) is 13.5. The molecule has 8 nitrogen and oxygen atoms in total. The summed E-state index contributed by atoms with van der Waals surface area (Å²) >= 11 is 0. The first-order chi connectivity index (χ1) is 19.8. The highest BCUT2D eigenvalue weighted by atomic mass is 19.4. The summed E-state index contributed by atoms with van der Waals surface area (Å²) in [4.78, 5) is 44.2. The molecule has 0 bridgehead atoms. The molecule has 2 atom stereocenters. The van der Waals surface area contributed by atoms with Crippen LogP contribution in [-0.2, 0) is 35.0 Å². The summed E-state index contributed by atoms with van der Waals surface area (Å²) in [6.07, 6.45) is -9.51. The van der Waals surface area contributed by atoms with Gasteiger partial charge in [0.05, 0.1) is 17.7 Å². The summed E-state index contributed by atoms with van der Waals surface area (Å²) in [6, 6.07) is 8.63. The predicted molar refractivity (Wildman–Crippen MR) is 139 cm³/mol. The molecule has 2 fully saturated rings. The lowest BCUT2D eigenvalue weighted by Gasteiger charge is -2.52. The number of halogens is 6. The van der Waals surface area contributed by atoms with Crippen molar-refractivity contribution in [2.45, 2.75) is 63.3 Å². The van der Waals surface area contributed by atoms with Gasteiger partial charge in [0, 0.05) is 26.1 Å². The fourth-order valence-electron chi connectivity index (χ4n) is 5.32. The lowest BCUT2D eigenvalue weighted by Crippen LogP contribution is -2.71. The number of nitrogens with one attached hydrogen (secondary N) is 1. The first kappa shape index (κ1) is 31.1. The van der Waals surface area contributed by atoms with Gasteiger partial charge in [-0.05, 0) is 55.1 Å². The van der Waals surface area contributed by atoms with E-state index in [-0.39, 0.29) is 49.5 Å². The summed E-state index contributed by atoms with van der Waals surface area (Å²) in [5, 5.41) is 2.41. The number of alkyl halides is 6. The number of piperazine rings is 1. The first-order valence-corrected chi connectivity index (χ1v) is 13.5. The zero-order valence-electron chi connectivity index (χ0n) is 22.5. The van der Waals surface area contributed by atoms with Crippen LogP contribution in [0.5, 0.6) is 0 Å². The van der Waals surface area contributed by atoms with Crippen molar-refractivity contribution in [1.82, 2.24) is 20.0 Å². The van der Waals surface area contributed by atoms with Crippen LogP contribution in [0.2, 0.25) is 0 Å². The number of hydrogen-bond donors (Lipinski definition) is 2. The molecule has 0 saturated carbocycles. The molecule has 2 aromatic rings. The number of unbranched alkanes of at least 4 members (excludes halogenated alkanes) is 1. The molecule has 0 aromatic heterocycles. The highest BCUT2D eigenvalue weighted by molar-refractivity contribution is 5.91. The van der Waals surface area contributed by atoms with Gasteiger partial charge in [0.25, 0.3) is 0 Å². The Hall–Kier alpha value is -3.81. The van der Waals surface area contributed by atoms with Crippen LogP contribution in [0.4, 0.5) is 31.1 Å². The third-order valence-electron chi connectivity index (χ3n) is 7.35. The number of carbonyl (C=O) groups excluding carboxylic acids is 3. The third-order valence-corrected chi connectivity index (χ3v) is 7.35. The minimum absolute atomic E-state index is 0.0118. The Kier molecular flexibility index (Phi) is 9.34. The Bertz CT molecular complexity index is 1250. The Morgan fingerprint density at radius 1 is 0.929 bits per heavy atom. The minimum atomic E-state index is -5.02. The number of nitrogens with two attached hydrogens (primary N) is 1. The second-order valence-electron chi connectivity index (χ2n) is 10.3. The van der Waals surface area contributed by atoms with Crippen molar-refractivity contribution < 1.29 is 40.7 Å². The molecule has 0 radical (unpaired) electrons. The standard InChI is InChI=1S/C28H31F6N5O3/c29-27(30,31)20-12-19(13-21(14-20)28(32,33)34)15-36-26(42)38-11-9-24(40)39-22(8-4-5-10-35)25(41)37(17-23(38)39)16-18-6-2-1-3-7-18/h1-3,6-7,12-14,22-23H,4-5,8-11,15-17,35H2,(H,36,42)/t22-,23?/m0/s1. The third kappa shape index (κ3) is 7.15. The topological polar surface area (TPSA) is 99.0 Å². The molecule has 2 aliphatic heterocycles. The zero-order chi connectivity index (χ0) is 30.7. The molecule has 2 aliphatic rings. The van der Waals surface area contributed by atoms with Crippen molar-refractivity contribution in [3.63, 3.8) is 0 Å². The summed E-state index contributed by atoms with van der Waals surface area (Å²) in [7, 11) is 0. The molecule has 42 heavy (non-hydrogen) atoms. The van der Waals surface area contributed by atoms with Crippen molar-refractivity contribution in [1.29, 1.82) is 0 Å². The van der Waals surface area contributed by atoms with Crippen LogP contribution < -0.4 is 11.1 Å². The van der Waals surface area contributed by atoms with E-state index < -0.39 is 48.3 Å². The quantitative estimate of drug-likeness (QED) is 0.349. The molecule has 2 aromatic carbocycles. The predicted octanol–water partition coefficient (Wildman–Crippen LogP) is 4.33. The van der Waals surface area contributed by atoms with Gasteiger partial charge in [-0.1, -0.05) is 30.3 Å². The molecular weight excluding hydrogens is 568 g/mol. The molecule has 228 valence electrons. The van der Waals surface area contributed by atoms with E-state index in [1.807, 2.05) is 30.3 Å². The van der Waals surface area contributed by atoms with E-state index in [1.54, 1.807) is 4.90 Å². The molecule has 2 saturated heterocycles. The minimum Gasteiger partial charge on any atom is -0.334 e. The van der Waals surface area contributed by atoms with Crippen LogP contribution in [0.1, 0.15) is 47.9 Å². The van der Waals surface area contributed by atoms with Crippen molar-refractivity contribution in [3.05, 3.63) is 70.8 Å². The molecule has 0 aliphatic carbocycles. The maximum atomic E-state index is 13.5. The van der Waals surface area contributed by atoms with Crippen LogP contribution >= 0.6 is 0 Å². The molecule has 14 heteroatoms. The number of amides is 4. The fourth-order valence-corrected chi connectivity index (χ4v) is 5.32. The largest absolute Gasteiger partial charge is 0.416 e. The number of benzene rings is 2. The normalized spacial score (nSPS) is 19.6. The van der Waals surface area contributed by atoms with Crippen molar-refractivity contribution in [2.75, 3.05) is 19.6 Å². The van der Waals surface area contributed by atoms with Gasteiger partial charge < -0.3 is 25.8 Å². The Morgan fingerprint density at radius 3 is 2.17 bits per heavy atom. The van der Waals surface area contributed by atoms with E-state index in [9.17, 15) is 40.7 Å². The number of carbonyl (C=O) groups is 3. The van der Waals surface area contributed by atoms with Gasteiger partial charge in [-0.3, -0.25) is 9.59 Å². The van der Waals surface area contributed by atoms with Crippen molar-refractivity contribution in [2.24, 2.45) is 5.73 Å². The zero-order valence-corrected chi connectivity index (χ0v) is 22.5. The van der Waals surface area contributed by atoms with Crippen molar-refractivity contribution >= 4 is 17.8 Å². The van der Waals surface area contributed by atoms with Gasteiger partial charge in [0.1, 0.15) is 12.2 Å². The number of urea groups is 1. The maximum absolute atomic E-state index is 13.5. The Balaban J connectivity index is 1.57. The van der Waals surface area contributed by atoms with Gasteiger partial charge >= 0.3 is 18.4 Å². The van der Waals surface area contributed by atoms with E-state index in [4.69, 9.17) is 5.73 Å². The van der Waals surface area contributed by atoms with Crippen LogP contribution in [0.25, 0.3) is 0 Å². The second-order valence-corrected chi connectivity index (χ2v) is 10.3. The van der Waals surface area contributed by atoms with Crippen LogP contribution in [-0.4, -0.2) is 64.4 Å². The summed E-state index contributed by atoms with van der Waals surface area (Å²) in [6.45, 7) is -0.0413. The van der Waals surface area contributed by atoms with Crippen LogP contribution in [0, 0.1) is 0 Å². The molecule has 1 unspecified atom stereocenters. The maximum Gasteiger partial charge on any atom is 0.416 e. The molecular formula is C28H31F6N5O3. The smallest absolute Gasteiger partial charge is 0.334 e. The van der Waals surface area contributed by atoms with Crippen LogP contribution in [0.15, 0.2) is 48.5 Å². The highest BCUT2D eigenvalue weighted by Gasteiger charge is 2.48. The number of hydrogen-bond acceptors (Lipinski definition) is 4. The molecule has 2 heterocycles. The molecule has 4 amide bonds. The number of fused-ring (bicyclic) bond motifs is 1. The lowest BCUT2D eigenvalue weighted by molar-refractivity contribution is -0.167. The van der Waals surface area contributed by atoms with E-state index in [2.05, 4.69) is 5.32 Å². The van der Waals surface area contributed by atoms with Gasteiger partial charge in [-0.15, -0.1) is 0 Å². The van der Waals surface area contributed by atoms with E-state index in [1.165, 1.54) is 9.80 Å². The molecule has 0 spiro atoms. The highest BCUT2D eigenvalue weighted by Crippen LogP contribution is 2.36. The fraction of sp³-hybridized carbons (Fsp3) is 0.464. The Labute approximate surface area is 238 Å². The van der Waals surface area contributed by atoms with E-state index in [0.717, 1.165) is 5.56 Å². The lowest BCUT2D eigenvalue weighted by atomic mass is 9.98. The van der Waals surface area contributed by atoms with Gasteiger partial charge in [-0.2, -0.15) is 26.3 Å². The SMILES string of the molecule is NCCCC[C@H]1C(=O)N(Cc2ccccc2)CC2N(C(=O)NCc3cc(C(F)(F)F)cc(C(F)(F)F)c3)CCC(=O)N21. The average Bonchev–Trinajstić information content (AvgIpc) is 2.93. The molecule has 4 rings (SSSR count). The number of rotatable bonds is 8. The van der Waals surface area contributed by atoms with Crippen LogP contribution in [0.3, 0.4) is 0 Å². The Morgan fingerprint density at radius 2 is 1.57 bits per heavy atom. The van der Waals surface area contributed by atoms with Gasteiger partial charge in [0.15, 0.2) is 0 Å².